The predicted octanol–water partition coefficient (Wildman–Crippen LogP) is 5.21. The Balaban J connectivity index is 1.84. The number of nitrogens with zero attached hydrogens (tertiary/aromatic N) is 1. The van der Waals surface area contributed by atoms with Gasteiger partial charge in [0.25, 0.3) is 0 Å². The minimum atomic E-state index is 0.792. The van der Waals surface area contributed by atoms with Crippen LogP contribution in [0.15, 0.2) is 72.4 Å². The summed E-state index contributed by atoms with van der Waals surface area (Å²) in [5, 5.41) is 3.47. The van der Waals surface area contributed by atoms with Crippen LogP contribution >= 0.6 is 11.3 Å². The van der Waals surface area contributed by atoms with Gasteiger partial charge in [0.15, 0.2) is 0 Å². The molecule has 0 aliphatic carbocycles. The largest absolute Gasteiger partial charge is 0.399 e. The van der Waals surface area contributed by atoms with Crippen molar-refractivity contribution in [2.45, 2.75) is 0 Å². The predicted molar refractivity (Wildman–Crippen MR) is 94.9 cm³/mol. The van der Waals surface area contributed by atoms with Gasteiger partial charge in [-0.15, -0.1) is 11.3 Å². The van der Waals surface area contributed by atoms with E-state index in [4.69, 9.17) is 5.73 Å². The van der Waals surface area contributed by atoms with Gasteiger partial charge >= 0.3 is 0 Å². The Morgan fingerprint density at radius 3 is 2.55 bits per heavy atom. The van der Waals surface area contributed by atoms with Crippen LogP contribution in [0.5, 0.6) is 0 Å². The summed E-state index contributed by atoms with van der Waals surface area (Å²) in [5.41, 5.74) is 11.4. The fourth-order valence-electron chi connectivity index (χ4n) is 2.67. The van der Waals surface area contributed by atoms with Crippen molar-refractivity contribution in [2.24, 2.45) is 0 Å². The monoisotopic (exact) mass is 302 g/mol. The van der Waals surface area contributed by atoms with Crippen molar-refractivity contribution in [3.8, 4) is 22.3 Å². The van der Waals surface area contributed by atoms with Gasteiger partial charge in [-0.3, -0.25) is 4.98 Å². The molecule has 2 N–H and O–H groups in total. The lowest BCUT2D eigenvalue weighted by Gasteiger charge is -2.04. The van der Waals surface area contributed by atoms with Crippen LogP contribution in [-0.2, 0) is 0 Å². The van der Waals surface area contributed by atoms with Crippen molar-refractivity contribution in [3.63, 3.8) is 0 Å². The minimum absolute atomic E-state index is 0.792. The highest BCUT2D eigenvalue weighted by Gasteiger charge is 2.08. The average molecular weight is 302 g/mol. The summed E-state index contributed by atoms with van der Waals surface area (Å²) in [5.74, 6) is 0. The number of pyridine rings is 1. The molecule has 2 aromatic heterocycles. The van der Waals surface area contributed by atoms with Crippen molar-refractivity contribution in [2.75, 3.05) is 5.73 Å². The summed E-state index contributed by atoms with van der Waals surface area (Å²) in [6.45, 7) is 0. The number of anilines is 1. The summed E-state index contributed by atoms with van der Waals surface area (Å²) in [6, 6.07) is 18.6. The lowest BCUT2D eigenvalue weighted by Crippen LogP contribution is -1.85. The Labute approximate surface area is 132 Å². The van der Waals surface area contributed by atoms with Crippen molar-refractivity contribution >= 4 is 27.1 Å². The SMILES string of the molecule is Nc1cccc(-c2ccc3c(-c4cccnc4)csc3c2)c1. The van der Waals surface area contributed by atoms with E-state index in [2.05, 4.69) is 40.7 Å². The van der Waals surface area contributed by atoms with Crippen molar-refractivity contribution in [3.05, 3.63) is 72.4 Å². The molecule has 0 fully saturated rings. The van der Waals surface area contributed by atoms with E-state index in [9.17, 15) is 0 Å². The zero-order valence-electron chi connectivity index (χ0n) is 11.9. The summed E-state index contributed by atoms with van der Waals surface area (Å²) in [4.78, 5) is 4.21. The quantitative estimate of drug-likeness (QED) is 0.516. The number of thiophene rings is 1. The van der Waals surface area contributed by atoms with E-state index in [1.54, 1.807) is 17.5 Å². The fraction of sp³-hybridized carbons (Fsp3) is 0. The second-order valence-corrected chi connectivity index (χ2v) is 6.14. The van der Waals surface area contributed by atoms with E-state index in [-0.39, 0.29) is 0 Å². The van der Waals surface area contributed by atoms with Gasteiger partial charge in [-0.2, -0.15) is 0 Å². The molecule has 0 saturated carbocycles. The van der Waals surface area contributed by atoms with Crippen LogP contribution in [0, 0.1) is 0 Å². The molecule has 0 saturated heterocycles. The molecule has 2 nitrogen and oxygen atoms in total. The zero-order chi connectivity index (χ0) is 14.9. The summed E-state index contributed by atoms with van der Waals surface area (Å²) in [7, 11) is 0. The highest BCUT2D eigenvalue weighted by molar-refractivity contribution is 7.17. The highest BCUT2D eigenvalue weighted by atomic mass is 32.1. The molecule has 0 radical (unpaired) electrons. The second-order valence-electron chi connectivity index (χ2n) is 5.23. The number of fused-ring (bicyclic) bond motifs is 1. The molecule has 2 aromatic carbocycles. The summed E-state index contributed by atoms with van der Waals surface area (Å²) < 4.78 is 1.28. The van der Waals surface area contributed by atoms with Crippen LogP contribution in [-0.4, -0.2) is 4.98 Å². The Morgan fingerprint density at radius 2 is 1.73 bits per heavy atom. The topological polar surface area (TPSA) is 38.9 Å². The van der Waals surface area contributed by atoms with Gasteiger partial charge in [-0.25, -0.2) is 0 Å². The Morgan fingerprint density at radius 1 is 0.864 bits per heavy atom. The zero-order valence-corrected chi connectivity index (χ0v) is 12.7. The molecule has 3 heteroatoms. The summed E-state index contributed by atoms with van der Waals surface area (Å²) in [6.07, 6.45) is 3.71. The number of hydrogen-bond donors (Lipinski definition) is 1. The Bertz CT molecular complexity index is 942. The lowest BCUT2D eigenvalue weighted by atomic mass is 10.0. The molecule has 4 rings (SSSR count). The minimum Gasteiger partial charge on any atom is -0.399 e. The standard InChI is InChI=1S/C19H14N2S/c20-16-5-1-3-13(9-16)14-6-7-17-18(12-22-19(17)10-14)15-4-2-8-21-11-15/h1-12H,20H2. The lowest BCUT2D eigenvalue weighted by molar-refractivity contribution is 1.33. The van der Waals surface area contributed by atoms with Gasteiger partial charge < -0.3 is 5.73 Å². The maximum absolute atomic E-state index is 5.88. The van der Waals surface area contributed by atoms with Gasteiger partial charge in [0.2, 0.25) is 0 Å². The normalized spacial score (nSPS) is 10.9. The number of rotatable bonds is 2. The number of hydrogen-bond acceptors (Lipinski definition) is 3. The first kappa shape index (κ1) is 13.0. The number of aromatic nitrogens is 1. The molecule has 0 spiro atoms. The maximum atomic E-state index is 5.88. The highest BCUT2D eigenvalue weighted by Crippen LogP contribution is 2.36. The number of nitrogen functional groups attached to an aromatic ring is 1. The molecule has 2 heterocycles. The van der Waals surface area contributed by atoms with Crippen molar-refractivity contribution in [1.29, 1.82) is 0 Å². The maximum Gasteiger partial charge on any atom is 0.0355 e. The molecular formula is C19H14N2S. The first-order valence-electron chi connectivity index (χ1n) is 7.09. The second kappa shape index (κ2) is 5.28. The molecule has 0 bridgehead atoms. The van der Waals surface area contributed by atoms with E-state index >= 15 is 0 Å². The first-order valence-corrected chi connectivity index (χ1v) is 7.97. The molecule has 0 aliphatic heterocycles. The van der Waals surface area contributed by atoms with Gasteiger partial charge in [0.05, 0.1) is 0 Å². The van der Waals surface area contributed by atoms with Crippen molar-refractivity contribution in [1.82, 2.24) is 4.98 Å². The molecule has 106 valence electrons. The van der Waals surface area contributed by atoms with Gasteiger partial charge in [-0.1, -0.05) is 30.3 Å². The Kier molecular flexibility index (Phi) is 3.13. The van der Waals surface area contributed by atoms with E-state index in [0.29, 0.717) is 0 Å². The molecular weight excluding hydrogens is 288 g/mol. The van der Waals surface area contributed by atoms with Crippen LogP contribution in [0.2, 0.25) is 0 Å². The first-order chi connectivity index (χ1) is 10.8. The molecule has 4 aromatic rings. The third-order valence-electron chi connectivity index (χ3n) is 3.77. The molecule has 0 amide bonds. The van der Waals surface area contributed by atoms with E-state index in [1.165, 1.54) is 21.2 Å². The fourth-order valence-corrected chi connectivity index (χ4v) is 3.68. The van der Waals surface area contributed by atoms with Crippen LogP contribution < -0.4 is 5.73 Å². The van der Waals surface area contributed by atoms with Crippen LogP contribution in [0.4, 0.5) is 5.69 Å². The van der Waals surface area contributed by atoms with E-state index in [1.807, 2.05) is 30.5 Å². The number of nitrogens with two attached hydrogens (primary N) is 1. The van der Waals surface area contributed by atoms with Gasteiger partial charge in [0, 0.05) is 39.3 Å². The molecule has 0 aliphatic rings. The van der Waals surface area contributed by atoms with Gasteiger partial charge in [-0.05, 0) is 40.8 Å². The smallest absolute Gasteiger partial charge is 0.0355 e. The third kappa shape index (κ3) is 2.26. The van der Waals surface area contributed by atoms with Crippen molar-refractivity contribution < 1.29 is 0 Å². The van der Waals surface area contributed by atoms with Gasteiger partial charge in [0.1, 0.15) is 0 Å². The summed E-state index contributed by atoms with van der Waals surface area (Å²) >= 11 is 1.76. The average Bonchev–Trinajstić information content (AvgIpc) is 2.99. The van der Waals surface area contributed by atoms with E-state index < -0.39 is 0 Å². The molecule has 0 atom stereocenters. The molecule has 0 unspecified atom stereocenters. The van der Waals surface area contributed by atoms with Crippen LogP contribution in [0.1, 0.15) is 0 Å². The third-order valence-corrected chi connectivity index (χ3v) is 4.71. The van der Waals surface area contributed by atoms with Crippen LogP contribution in [0.25, 0.3) is 32.3 Å². The number of benzene rings is 2. The Hall–Kier alpha value is -2.65. The molecule has 22 heavy (non-hydrogen) atoms. The van der Waals surface area contributed by atoms with Crippen LogP contribution in [0.3, 0.4) is 0 Å². The van der Waals surface area contributed by atoms with E-state index in [0.717, 1.165) is 16.8 Å².